The molecule has 1 N–H and O–H groups in total. The summed E-state index contributed by atoms with van der Waals surface area (Å²) in [5.74, 6) is 0.0370. The number of pyridine rings is 2. The summed E-state index contributed by atoms with van der Waals surface area (Å²) in [7, 11) is 0. The second-order valence-electron chi connectivity index (χ2n) is 7.86. The average Bonchev–Trinajstić information content (AvgIpc) is 3.25. The monoisotopic (exact) mass is 439 g/mol. The van der Waals surface area contributed by atoms with Gasteiger partial charge >= 0.3 is 0 Å². The molecule has 2 aliphatic heterocycles. The largest absolute Gasteiger partial charge is 0.396 e. The Labute approximate surface area is 183 Å². The van der Waals surface area contributed by atoms with Gasteiger partial charge in [0.2, 0.25) is 5.95 Å². The molecular formula is C22H22FN5O2S. The molecule has 5 heterocycles. The van der Waals surface area contributed by atoms with Crippen LogP contribution in [0.5, 0.6) is 0 Å². The lowest BCUT2D eigenvalue weighted by Crippen LogP contribution is -2.37. The number of aromatic nitrogens is 3. The minimum absolute atomic E-state index is 0.131. The first-order valence-electron chi connectivity index (χ1n) is 10.4. The molecule has 0 radical (unpaired) electrons. The van der Waals surface area contributed by atoms with Gasteiger partial charge in [0.15, 0.2) is 0 Å². The van der Waals surface area contributed by atoms with Crippen molar-refractivity contribution >= 4 is 28.7 Å². The third-order valence-electron chi connectivity index (χ3n) is 5.83. The van der Waals surface area contributed by atoms with Gasteiger partial charge in [0.05, 0.1) is 23.1 Å². The van der Waals surface area contributed by atoms with Crippen molar-refractivity contribution in [1.82, 2.24) is 15.0 Å². The zero-order valence-electron chi connectivity index (χ0n) is 16.9. The van der Waals surface area contributed by atoms with Crippen molar-refractivity contribution in [3.8, 4) is 10.6 Å². The Hall–Kier alpha value is -2.91. The molecule has 160 valence electrons. The molecule has 1 fully saturated rings. The molecule has 3 aromatic heterocycles. The lowest BCUT2D eigenvalue weighted by molar-refractivity contribution is 0.0984. The molecule has 0 saturated carbocycles. The van der Waals surface area contributed by atoms with Crippen LogP contribution in [0, 0.1) is 11.9 Å². The van der Waals surface area contributed by atoms with Crippen LogP contribution in [-0.2, 0) is 6.42 Å². The first kappa shape index (κ1) is 20.0. The van der Waals surface area contributed by atoms with E-state index in [4.69, 9.17) is 0 Å². The maximum Gasteiger partial charge on any atom is 0.270 e. The van der Waals surface area contributed by atoms with Gasteiger partial charge in [-0.05, 0) is 43.0 Å². The molecular weight excluding hydrogens is 417 g/mol. The third kappa shape index (κ3) is 3.79. The number of amides is 1. The molecule has 0 aromatic carbocycles. The summed E-state index contributed by atoms with van der Waals surface area (Å²) in [6.45, 7) is 2.12. The van der Waals surface area contributed by atoms with E-state index in [0.29, 0.717) is 46.5 Å². The molecule has 1 atom stereocenters. The molecule has 0 spiro atoms. The Kier molecular flexibility index (Phi) is 5.37. The van der Waals surface area contributed by atoms with Crippen LogP contribution in [0.25, 0.3) is 10.6 Å². The maximum absolute atomic E-state index is 14.9. The minimum Gasteiger partial charge on any atom is -0.396 e. The third-order valence-corrected chi connectivity index (χ3v) is 6.95. The number of carbonyl (C=O) groups excluding carboxylic acids is 1. The van der Waals surface area contributed by atoms with E-state index in [-0.39, 0.29) is 18.4 Å². The number of carbonyl (C=O) groups is 1. The van der Waals surface area contributed by atoms with Crippen LogP contribution >= 0.6 is 11.3 Å². The maximum atomic E-state index is 14.9. The highest BCUT2D eigenvalue weighted by molar-refractivity contribution is 7.17. The summed E-state index contributed by atoms with van der Waals surface area (Å²) in [6, 6.07) is 7.13. The van der Waals surface area contributed by atoms with Crippen LogP contribution in [0.15, 0.2) is 36.7 Å². The van der Waals surface area contributed by atoms with Gasteiger partial charge in [-0.15, -0.1) is 11.3 Å². The van der Waals surface area contributed by atoms with E-state index < -0.39 is 5.95 Å². The summed E-state index contributed by atoms with van der Waals surface area (Å²) in [4.78, 5) is 30.0. The van der Waals surface area contributed by atoms with Gasteiger partial charge in [0.25, 0.3) is 5.91 Å². The first-order chi connectivity index (χ1) is 15.1. The SMILES string of the molecule is O=C1c2sc(-c3ccc(N4CCC[C@H](CO)C4)nc3F)nc2CCN1c1cccnc1. The van der Waals surface area contributed by atoms with E-state index in [1.807, 2.05) is 11.0 Å². The molecule has 0 aliphatic carbocycles. The lowest BCUT2D eigenvalue weighted by Gasteiger charge is -2.32. The minimum atomic E-state index is -0.591. The number of nitrogens with zero attached hydrogens (tertiary/aromatic N) is 5. The zero-order valence-corrected chi connectivity index (χ0v) is 17.7. The number of aliphatic hydroxyl groups excluding tert-OH is 1. The van der Waals surface area contributed by atoms with Gasteiger partial charge in [-0.25, -0.2) is 9.97 Å². The van der Waals surface area contributed by atoms with Gasteiger partial charge in [-0.2, -0.15) is 4.39 Å². The van der Waals surface area contributed by atoms with Crippen molar-refractivity contribution in [3.63, 3.8) is 0 Å². The van der Waals surface area contributed by atoms with Gasteiger partial charge in [0, 0.05) is 38.9 Å². The molecule has 1 amide bonds. The standard InChI is InChI=1S/C22H22FN5O2S/c23-20-16(5-6-18(26-20)27-9-2-3-14(12-27)13-29)21-25-17-7-10-28(22(30)19(17)31-21)15-4-1-8-24-11-15/h1,4-6,8,11,14,29H,2-3,7,9-10,12-13H2/t14-/m0/s1. The Morgan fingerprint density at radius 3 is 2.90 bits per heavy atom. The molecule has 1 saturated heterocycles. The lowest BCUT2D eigenvalue weighted by atomic mass is 9.99. The van der Waals surface area contributed by atoms with Gasteiger partial charge in [-0.1, -0.05) is 0 Å². The van der Waals surface area contributed by atoms with Gasteiger partial charge in [-0.3, -0.25) is 9.78 Å². The average molecular weight is 440 g/mol. The van der Waals surface area contributed by atoms with E-state index in [0.717, 1.165) is 25.1 Å². The highest BCUT2D eigenvalue weighted by Gasteiger charge is 2.30. The molecule has 0 bridgehead atoms. The van der Waals surface area contributed by atoms with Crippen LogP contribution < -0.4 is 9.80 Å². The van der Waals surface area contributed by atoms with Crippen molar-refractivity contribution in [2.45, 2.75) is 19.3 Å². The summed E-state index contributed by atoms with van der Waals surface area (Å²) in [5, 5.41) is 9.90. The van der Waals surface area contributed by atoms with Crippen molar-refractivity contribution in [2.75, 3.05) is 36.0 Å². The molecule has 3 aromatic rings. The molecule has 7 nitrogen and oxygen atoms in total. The fourth-order valence-corrected chi connectivity index (χ4v) is 5.26. The van der Waals surface area contributed by atoms with E-state index in [1.165, 1.54) is 11.3 Å². The van der Waals surface area contributed by atoms with E-state index in [1.54, 1.807) is 35.5 Å². The fourth-order valence-electron chi connectivity index (χ4n) is 4.19. The zero-order chi connectivity index (χ0) is 21.4. The Morgan fingerprint density at radius 1 is 1.23 bits per heavy atom. The second-order valence-corrected chi connectivity index (χ2v) is 8.86. The second kappa shape index (κ2) is 8.32. The fraction of sp³-hybridized carbons (Fsp3) is 0.364. The molecule has 31 heavy (non-hydrogen) atoms. The summed E-state index contributed by atoms with van der Waals surface area (Å²) >= 11 is 1.21. The number of anilines is 2. The summed E-state index contributed by atoms with van der Waals surface area (Å²) in [5.41, 5.74) is 1.75. The van der Waals surface area contributed by atoms with E-state index in [9.17, 15) is 14.3 Å². The van der Waals surface area contributed by atoms with Crippen LogP contribution in [-0.4, -0.2) is 52.2 Å². The first-order valence-corrected chi connectivity index (χ1v) is 11.2. The van der Waals surface area contributed by atoms with Crippen LogP contribution in [0.4, 0.5) is 15.9 Å². The number of halogens is 1. The molecule has 2 aliphatic rings. The summed E-state index contributed by atoms with van der Waals surface area (Å²) in [6.07, 6.45) is 5.86. The van der Waals surface area contributed by atoms with Gasteiger partial charge in [0.1, 0.15) is 15.7 Å². The molecule has 5 rings (SSSR count). The van der Waals surface area contributed by atoms with Crippen molar-refractivity contribution in [3.05, 3.63) is 53.2 Å². The van der Waals surface area contributed by atoms with Crippen molar-refractivity contribution in [2.24, 2.45) is 5.92 Å². The van der Waals surface area contributed by atoms with Crippen molar-refractivity contribution < 1.29 is 14.3 Å². The predicted octanol–water partition coefficient (Wildman–Crippen LogP) is 3.15. The Morgan fingerprint density at radius 2 is 2.13 bits per heavy atom. The number of aliphatic hydroxyl groups is 1. The number of thiazole rings is 1. The normalized spacial score (nSPS) is 18.9. The van der Waals surface area contributed by atoms with Crippen LogP contribution in [0.1, 0.15) is 28.2 Å². The molecule has 0 unspecified atom stereocenters. The Balaban J connectivity index is 1.40. The van der Waals surface area contributed by atoms with Crippen LogP contribution in [0.2, 0.25) is 0 Å². The summed E-state index contributed by atoms with van der Waals surface area (Å²) < 4.78 is 14.9. The number of fused-ring (bicyclic) bond motifs is 1. The number of piperidine rings is 1. The quantitative estimate of drug-likeness (QED) is 0.629. The Bertz CT molecular complexity index is 1110. The van der Waals surface area contributed by atoms with Gasteiger partial charge < -0.3 is 14.9 Å². The number of rotatable bonds is 4. The van der Waals surface area contributed by atoms with Crippen LogP contribution in [0.3, 0.4) is 0 Å². The number of hydrogen-bond donors (Lipinski definition) is 1. The van der Waals surface area contributed by atoms with Crippen molar-refractivity contribution in [1.29, 1.82) is 0 Å². The topological polar surface area (TPSA) is 82.5 Å². The number of hydrogen-bond acceptors (Lipinski definition) is 7. The highest BCUT2D eigenvalue weighted by Crippen LogP contribution is 2.35. The predicted molar refractivity (Wildman–Crippen MR) is 117 cm³/mol. The van der Waals surface area contributed by atoms with E-state index in [2.05, 4.69) is 15.0 Å². The highest BCUT2D eigenvalue weighted by atomic mass is 32.1. The van der Waals surface area contributed by atoms with E-state index >= 15 is 0 Å². The molecule has 9 heteroatoms. The smallest absolute Gasteiger partial charge is 0.270 e.